The summed E-state index contributed by atoms with van der Waals surface area (Å²) in [6.45, 7) is 3.23. The Balaban J connectivity index is 1.93. The van der Waals surface area contributed by atoms with Crippen LogP contribution in [-0.4, -0.2) is 240 Å². The monoisotopic (exact) mass is 1730 g/mol. The first kappa shape index (κ1) is 101. The number of nitrogens with two attached hydrogens (primary N) is 2. The molecule has 120 heavy (non-hydrogen) atoms. The molecule has 1 aromatic heterocycles. The van der Waals surface area contributed by atoms with Gasteiger partial charge in [-0.05, 0) is 83.2 Å². The van der Waals surface area contributed by atoms with Gasteiger partial charge in [-0.15, -0.1) is 0 Å². The average Bonchev–Trinajstić information content (AvgIpc) is 1.58. The highest BCUT2D eigenvalue weighted by atomic mass is 35.5. The fraction of sp³-hybridized carbons (Fsp3) is 0.564. The van der Waals surface area contributed by atoms with Gasteiger partial charge in [0.15, 0.2) is 23.1 Å². The van der Waals surface area contributed by atoms with Crippen LogP contribution in [0.15, 0.2) is 36.4 Å². The number of Topliss-reactive ketones (excluding diaryl/α,β-unsaturated/α-hetero) is 4. The Morgan fingerprint density at radius 1 is 0.675 bits per heavy atom. The van der Waals surface area contributed by atoms with Crippen molar-refractivity contribution in [2.75, 3.05) is 51.3 Å². The van der Waals surface area contributed by atoms with Gasteiger partial charge in [-0.25, -0.2) is 4.79 Å². The molecular formula is C78H108Cl2N14O26. The number of benzene rings is 2. The van der Waals surface area contributed by atoms with Crippen LogP contribution < -0.4 is 70.0 Å². The van der Waals surface area contributed by atoms with Crippen molar-refractivity contribution in [1.29, 1.82) is 0 Å². The van der Waals surface area contributed by atoms with Crippen molar-refractivity contribution in [3.8, 4) is 0 Å². The minimum absolute atomic E-state index is 0.00263. The fourth-order valence-electron chi connectivity index (χ4n) is 13.0. The summed E-state index contributed by atoms with van der Waals surface area (Å²) < 4.78 is 15.3. The molecule has 4 rings (SSSR count). The Labute approximate surface area is 700 Å². The third kappa shape index (κ3) is 33.7. The average molecular weight is 1730 g/mol. The van der Waals surface area contributed by atoms with E-state index in [1.54, 1.807) is 38.1 Å². The summed E-state index contributed by atoms with van der Waals surface area (Å²) in [5, 5.41) is 57.1. The molecular weight excluding hydrogens is 1620 g/mol. The summed E-state index contributed by atoms with van der Waals surface area (Å²) in [7, 11) is 0. The zero-order chi connectivity index (χ0) is 89.5. The molecule has 0 unspecified atom stereocenters. The second-order valence-electron chi connectivity index (χ2n) is 29.0. The molecule has 0 bridgehead atoms. The highest BCUT2D eigenvalue weighted by molar-refractivity contribution is 6.37. The number of aliphatic hydroxyl groups excluding tert-OH is 1. The maximum Gasteiger partial charge on any atom is 0.329 e. The number of aliphatic carboxylic acids is 2. The van der Waals surface area contributed by atoms with Gasteiger partial charge in [-0.3, -0.25) is 91.1 Å². The van der Waals surface area contributed by atoms with Gasteiger partial charge >= 0.3 is 17.9 Å². The summed E-state index contributed by atoms with van der Waals surface area (Å²) in [6, 6.07) is -5.72. The number of anilines is 1. The van der Waals surface area contributed by atoms with Gasteiger partial charge in [0.25, 0.3) is 12.9 Å². The molecule has 2 heterocycles. The number of aromatic nitrogens is 1. The molecule has 11 amide bonds. The molecule has 0 saturated carbocycles. The molecule has 13 atom stereocenters. The number of aromatic amines is 1. The SMILES string of the molecule is CCCCCCCCCC(=O)N[C@@H](Cc1c(C)[nH]c2ccccc12)C(=O)N[C@H](CC(N)=O)C(=O)C[C@@H](CC(=O)O)C(=O)N[C@@H]1C(=O)NCC(=O)N[C@@H](CCCN)C(=O)C[C@@H](COC=O)C(=O)N[C@H](C)C(=O)N[C@@H](COC=O)C(=O)NCC(=O)N[C@H](CO)C(=O)C[C@@H]([C@H](C)CC(=O)O)C(=O)N[C@@H](CC(=O)c2cc(Cl)cc(Cl)c2NCC)C(=O)O[C@@H]1C. The molecule has 0 radical (unpaired) electrons. The minimum atomic E-state index is -2.39. The number of carbonyl (C=O) groups excluding carboxylic acids is 18. The molecule has 1 aliphatic rings. The highest BCUT2D eigenvalue weighted by Crippen LogP contribution is 2.32. The van der Waals surface area contributed by atoms with Crippen molar-refractivity contribution in [2.45, 2.75) is 212 Å². The predicted molar refractivity (Wildman–Crippen MR) is 428 cm³/mol. The number of carbonyl (C=O) groups is 20. The summed E-state index contributed by atoms with van der Waals surface area (Å²) in [4.78, 5) is 279. The van der Waals surface area contributed by atoms with E-state index in [0.29, 0.717) is 35.0 Å². The van der Waals surface area contributed by atoms with Crippen LogP contribution >= 0.6 is 23.2 Å². The van der Waals surface area contributed by atoms with Gasteiger partial charge in [0.2, 0.25) is 65.0 Å². The van der Waals surface area contributed by atoms with Gasteiger partial charge in [0.05, 0.1) is 67.2 Å². The van der Waals surface area contributed by atoms with E-state index in [-0.39, 0.29) is 73.0 Å². The molecule has 660 valence electrons. The van der Waals surface area contributed by atoms with Crippen LogP contribution in [0.4, 0.5) is 5.69 Å². The number of primary amides is 1. The van der Waals surface area contributed by atoms with Gasteiger partial charge in [0.1, 0.15) is 55.6 Å². The van der Waals surface area contributed by atoms with Gasteiger partial charge in [-0.1, -0.05) is 93.8 Å². The Kier molecular flexibility index (Phi) is 43.5. The second kappa shape index (κ2) is 51.7. The van der Waals surface area contributed by atoms with Crippen LogP contribution in [0.5, 0.6) is 0 Å². The first-order valence-electron chi connectivity index (χ1n) is 39.1. The zero-order valence-corrected chi connectivity index (χ0v) is 69.0. The number of cyclic esters (lactones) is 1. The summed E-state index contributed by atoms with van der Waals surface area (Å²) in [5.74, 6) is -29.6. The largest absolute Gasteiger partial charge is 0.481 e. The fourth-order valence-corrected chi connectivity index (χ4v) is 13.6. The molecule has 0 aliphatic carbocycles. The molecule has 1 saturated heterocycles. The first-order chi connectivity index (χ1) is 56.9. The lowest BCUT2D eigenvalue weighted by molar-refractivity contribution is -0.156. The lowest BCUT2D eigenvalue weighted by Gasteiger charge is -2.29. The van der Waals surface area contributed by atoms with E-state index in [9.17, 15) is 106 Å². The van der Waals surface area contributed by atoms with E-state index in [1.165, 1.54) is 13.0 Å². The Morgan fingerprint density at radius 3 is 1.92 bits per heavy atom. The standard InChI is InChI=1S/C78H108Cl2N14O26/c1-7-9-10-11-12-13-14-21-64(103)89-55(29-49-41(4)86-52-19-16-15-18-47(49)52)76(115)91-54(32-63(82)102)61(100)24-44(26-68(108)109)72(111)94-69-43(6)120-78(117)56(31-59(98)50-27-46(79)28-51(80)70(50)83-8-2)92-74(113)48(40(3)23-67(106)107)30-62(101)57(35-95)90-66(105)33-84-75(114)58(37-119-39-97)93-71(110)42(5)87-73(112)45(36-118-38-96)25-60(99)53(20-17-22-81)88-65(104)34-85-77(69)116/h15-16,18-19,27-28,38-40,42-45,48,53-58,69,83,86,95H,7-14,17,20-26,29-37,81H2,1-6H3,(H2,82,102)(H,84,114)(H,85,116)(H,87,112)(H,88,104)(H,89,103)(H,90,105)(H,91,115)(H,92,113)(H,93,110)(H,94,111)(H,106,107)(H,108,109)/t40-,42-,43-,44+,45+,48+,53+,54-,55+,56+,57-,58+,69+/m1/s1. The number of halogens is 2. The zero-order valence-electron chi connectivity index (χ0n) is 67.4. The number of para-hydroxylation sites is 1. The van der Waals surface area contributed by atoms with Gasteiger partial charge < -0.3 is 104 Å². The number of H-pyrrole nitrogens is 1. The number of ether oxygens (including phenoxy) is 3. The van der Waals surface area contributed by atoms with Crippen LogP contribution in [0.3, 0.4) is 0 Å². The van der Waals surface area contributed by atoms with E-state index < -0.39 is 262 Å². The molecule has 3 aromatic rings. The van der Waals surface area contributed by atoms with Crippen LogP contribution in [0.1, 0.15) is 165 Å². The van der Waals surface area contributed by atoms with Crippen molar-refractivity contribution < 1.29 is 125 Å². The maximum atomic E-state index is 15.1. The maximum absolute atomic E-state index is 15.1. The highest BCUT2D eigenvalue weighted by Gasteiger charge is 2.42. The normalized spacial score (nSPS) is 20.9. The van der Waals surface area contributed by atoms with Gasteiger partial charge in [-0.2, -0.15) is 0 Å². The van der Waals surface area contributed by atoms with Crippen LogP contribution in [-0.2, 0) is 112 Å². The number of esters is 1. The summed E-state index contributed by atoms with van der Waals surface area (Å²) in [5.41, 5.74) is 13.0. The third-order valence-corrected chi connectivity index (χ3v) is 20.0. The van der Waals surface area contributed by atoms with E-state index in [4.69, 9.17) is 48.9 Å². The molecule has 0 spiro atoms. The number of rotatable bonds is 40. The number of hydrogen-bond acceptors (Lipinski definition) is 26. The van der Waals surface area contributed by atoms with Crippen molar-refractivity contribution >= 4 is 159 Å². The van der Waals surface area contributed by atoms with E-state index in [1.807, 2.05) is 0 Å². The van der Waals surface area contributed by atoms with Crippen LogP contribution in [0.25, 0.3) is 10.9 Å². The van der Waals surface area contributed by atoms with E-state index in [0.717, 1.165) is 52.0 Å². The number of carboxylic acid groups (broad SMARTS) is 2. The van der Waals surface area contributed by atoms with Crippen molar-refractivity contribution in [1.82, 2.24) is 58.2 Å². The molecule has 1 fully saturated rings. The van der Waals surface area contributed by atoms with Crippen molar-refractivity contribution in [3.05, 3.63) is 63.3 Å². The number of nitrogens with one attached hydrogen (secondary N) is 12. The Bertz CT molecular complexity index is 4180. The number of aliphatic hydroxyl groups is 1. The second-order valence-corrected chi connectivity index (χ2v) is 29.8. The van der Waals surface area contributed by atoms with E-state index >= 15 is 4.79 Å². The Morgan fingerprint density at radius 2 is 1.29 bits per heavy atom. The number of hydrogen-bond donors (Lipinski definition) is 17. The molecule has 40 nitrogen and oxygen atoms in total. The summed E-state index contributed by atoms with van der Waals surface area (Å²) >= 11 is 12.9. The van der Waals surface area contributed by atoms with Gasteiger partial charge in [0, 0.05) is 84.6 Å². The van der Waals surface area contributed by atoms with Crippen molar-refractivity contribution in [3.63, 3.8) is 0 Å². The van der Waals surface area contributed by atoms with Crippen LogP contribution in [0, 0.1) is 30.6 Å². The number of fused-ring (bicyclic) bond motifs is 1. The molecule has 2 aromatic carbocycles. The number of ketones is 4. The number of carboxylic acids is 2. The first-order valence-corrected chi connectivity index (χ1v) is 39.9. The molecule has 19 N–H and O–H groups in total. The lowest BCUT2D eigenvalue weighted by atomic mass is 9.84. The summed E-state index contributed by atoms with van der Waals surface area (Å²) in [6.07, 6.45) is -4.05. The predicted octanol–water partition coefficient (Wildman–Crippen LogP) is -0.489. The number of aryl methyl sites for hydroxylation is 1. The Hall–Kier alpha value is -11.5. The number of unbranched alkanes of at least 4 members (excludes halogenated alkanes) is 6. The lowest BCUT2D eigenvalue weighted by Crippen LogP contribution is -2.57. The molecule has 1 aliphatic heterocycles. The van der Waals surface area contributed by atoms with Crippen molar-refractivity contribution in [2.24, 2.45) is 35.1 Å². The third-order valence-electron chi connectivity index (χ3n) is 19.5. The smallest absolute Gasteiger partial charge is 0.329 e. The number of amides is 11. The molecule has 42 heteroatoms. The minimum Gasteiger partial charge on any atom is -0.481 e. The van der Waals surface area contributed by atoms with Crippen LogP contribution in [0.2, 0.25) is 10.0 Å². The van der Waals surface area contributed by atoms with E-state index in [2.05, 4.69) is 70.4 Å². The quantitative estimate of drug-likeness (QED) is 0.0112. The topological polar surface area (TPSA) is 630 Å².